The van der Waals surface area contributed by atoms with Crippen molar-refractivity contribution in [2.75, 3.05) is 13.2 Å². The molecule has 5 heteroatoms. The fourth-order valence-electron chi connectivity index (χ4n) is 2.17. The summed E-state index contributed by atoms with van der Waals surface area (Å²) < 4.78 is 32.0. The normalized spacial score (nSPS) is 19.2. The Kier molecular flexibility index (Phi) is 4.95. The topological polar surface area (TPSA) is 21.3 Å². The van der Waals surface area contributed by atoms with E-state index in [1.807, 2.05) is 0 Å². The van der Waals surface area contributed by atoms with E-state index in [-0.39, 0.29) is 5.75 Å². The van der Waals surface area contributed by atoms with Crippen LogP contribution in [0.1, 0.15) is 25.7 Å². The van der Waals surface area contributed by atoms with E-state index in [2.05, 4.69) is 21.2 Å². The van der Waals surface area contributed by atoms with E-state index >= 15 is 0 Å². The highest BCUT2D eigenvalue weighted by atomic mass is 79.9. The third-order valence-electron chi connectivity index (χ3n) is 3.07. The smallest absolute Gasteiger partial charge is 0.169 e. The number of nitrogens with one attached hydrogen (secondary N) is 1. The molecule has 1 heterocycles. The lowest BCUT2D eigenvalue weighted by Crippen LogP contribution is -2.21. The van der Waals surface area contributed by atoms with Gasteiger partial charge in [0.1, 0.15) is 5.82 Å². The Balaban J connectivity index is 1.79. The van der Waals surface area contributed by atoms with E-state index in [9.17, 15) is 8.78 Å². The van der Waals surface area contributed by atoms with Gasteiger partial charge in [-0.15, -0.1) is 0 Å². The van der Waals surface area contributed by atoms with E-state index in [1.54, 1.807) is 0 Å². The van der Waals surface area contributed by atoms with Crippen LogP contribution in [-0.2, 0) is 0 Å². The van der Waals surface area contributed by atoms with Gasteiger partial charge in [0.05, 0.1) is 11.1 Å². The van der Waals surface area contributed by atoms with Gasteiger partial charge in [0.15, 0.2) is 11.6 Å². The van der Waals surface area contributed by atoms with Crippen molar-refractivity contribution in [3.05, 3.63) is 28.2 Å². The fraction of sp³-hybridized carbons (Fsp3) is 0.538. The average molecular weight is 320 g/mol. The highest BCUT2D eigenvalue weighted by Gasteiger charge is 2.14. The van der Waals surface area contributed by atoms with Crippen molar-refractivity contribution in [1.82, 2.24) is 5.32 Å². The van der Waals surface area contributed by atoms with Crippen LogP contribution in [-0.4, -0.2) is 19.2 Å². The van der Waals surface area contributed by atoms with Crippen molar-refractivity contribution in [2.45, 2.75) is 31.7 Å². The molecule has 0 amide bonds. The standard InChI is InChI=1S/C13H16BrF2NO/c14-11-7-9(15)8-12(16)13(11)18-6-2-4-10-3-1-5-17-10/h7-8,10,17H,1-6H2. The highest BCUT2D eigenvalue weighted by molar-refractivity contribution is 9.10. The average Bonchev–Trinajstić information content (AvgIpc) is 2.79. The van der Waals surface area contributed by atoms with Gasteiger partial charge in [0.2, 0.25) is 0 Å². The number of hydrogen-bond acceptors (Lipinski definition) is 2. The molecule has 1 aromatic carbocycles. The maximum Gasteiger partial charge on any atom is 0.169 e. The Morgan fingerprint density at radius 2 is 2.22 bits per heavy atom. The molecular formula is C13H16BrF2NO. The zero-order chi connectivity index (χ0) is 13.0. The van der Waals surface area contributed by atoms with Crippen LogP contribution in [0.2, 0.25) is 0 Å². The molecule has 0 aliphatic carbocycles. The van der Waals surface area contributed by atoms with Gasteiger partial charge in [-0.3, -0.25) is 0 Å². The van der Waals surface area contributed by atoms with Gasteiger partial charge >= 0.3 is 0 Å². The number of halogens is 3. The first-order valence-corrected chi connectivity index (χ1v) is 6.97. The van der Waals surface area contributed by atoms with E-state index in [4.69, 9.17) is 4.74 Å². The first-order chi connectivity index (χ1) is 8.66. The maximum atomic E-state index is 13.4. The molecule has 1 N–H and O–H groups in total. The summed E-state index contributed by atoms with van der Waals surface area (Å²) in [6.45, 7) is 1.53. The van der Waals surface area contributed by atoms with Gasteiger partial charge < -0.3 is 10.1 Å². The maximum absolute atomic E-state index is 13.4. The van der Waals surface area contributed by atoms with Crippen LogP contribution in [0.25, 0.3) is 0 Å². The summed E-state index contributed by atoms with van der Waals surface area (Å²) in [4.78, 5) is 0. The molecule has 1 unspecified atom stereocenters. The van der Waals surface area contributed by atoms with Crippen LogP contribution in [0.15, 0.2) is 16.6 Å². The molecule has 0 saturated carbocycles. The monoisotopic (exact) mass is 319 g/mol. The van der Waals surface area contributed by atoms with Crippen molar-refractivity contribution in [1.29, 1.82) is 0 Å². The Morgan fingerprint density at radius 1 is 1.39 bits per heavy atom. The second kappa shape index (κ2) is 6.48. The highest BCUT2D eigenvalue weighted by Crippen LogP contribution is 2.29. The summed E-state index contributed by atoms with van der Waals surface area (Å²) in [5, 5.41) is 3.40. The van der Waals surface area contributed by atoms with Gasteiger partial charge in [-0.25, -0.2) is 8.78 Å². The van der Waals surface area contributed by atoms with E-state index in [1.165, 1.54) is 18.9 Å². The second-order valence-corrected chi connectivity index (χ2v) is 5.34. The second-order valence-electron chi connectivity index (χ2n) is 4.48. The fourth-order valence-corrected chi connectivity index (χ4v) is 2.70. The lowest BCUT2D eigenvalue weighted by atomic mass is 10.1. The van der Waals surface area contributed by atoms with Crippen LogP contribution in [0, 0.1) is 11.6 Å². The van der Waals surface area contributed by atoms with E-state index in [0.29, 0.717) is 17.1 Å². The molecule has 1 saturated heterocycles. The van der Waals surface area contributed by atoms with Gasteiger partial charge in [0, 0.05) is 12.1 Å². The van der Waals surface area contributed by atoms with Crippen molar-refractivity contribution in [2.24, 2.45) is 0 Å². The number of rotatable bonds is 5. The Morgan fingerprint density at radius 3 is 2.89 bits per heavy atom. The van der Waals surface area contributed by atoms with E-state index < -0.39 is 11.6 Å². The van der Waals surface area contributed by atoms with Crippen molar-refractivity contribution < 1.29 is 13.5 Å². The molecule has 1 aliphatic heterocycles. The zero-order valence-corrected chi connectivity index (χ0v) is 11.6. The quantitative estimate of drug-likeness (QED) is 0.837. The Hall–Kier alpha value is -0.680. The predicted octanol–water partition coefficient (Wildman–Crippen LogP) is 3.64. The summed E-state index contributed by atoms with van der Waals surface area (Å²) in [6.07, 6.45) is 4.32. The number of hydrogen-bond donors (Lipinski definition) is 1. The van der Waals surface area contributed by atoms with Crippen LogP contribution in [0.5, 0.6) is 5.75 Å². The molecule has 1 fully saturated rings. The van der Waals surface area contributed by atoms with Crippen molar-refractivity contribution >= 4 is 15.9 Å². The summed E-state index contributed by atoms with van der Waals surface area (Å²) >= 11 is 3.10. The molecular weight excluding hydrogens is 304 g/mol. The molecule has 18 heavy (non-hydrogen) atoms. The third-order valence-corrected chi connectivity index (χ3v) is 3.66. The van der Waals surface area contributed by atoms with Crippen LogP contribution < -0.4 is 10.1 Å². The minimum absolute atomic E-state index is 0.0933. The molecule has 1 aromatic rings. The Bertz CT molecular complexity index is 385. The lowest BCUT2D eigenvalue weighted by Gasteiger charge is -2.12. The summed E-state index contributed by atoms with van der Waals surface area (Å²) in [5.41, 5.74) is 0. The van der Waals surface area contributed by atoms with E-state index in [0.717, 1.165) is 25.5 Å². The van der Waals surface area contributed by atoms with Gasteiger partial charge in [-0.05, 0) is 54.2 Å². The molecule has 2 nitrogen and oxygen atoms in total. The SMILES string of the molecule is Fc1cc(F)c(OCCCC2CCCN2)c(Br)c1. The molecule has 0 aromatic heterocycles. The van der Waals surface area contributed by atoms with Gasteiger partial charge in [0.25, 0.3) is 0 Å². The van der Waals surface area contributed by atoms with Crippen molar-refractivity contribution in [3.8, 4) is 5.75 Å². The van der Waals surface area contributed by atoms with Gasteiger partial charge in [-0.2, -0.15) is 0 Å². The molecule has 0 radical (unpaired) electrons. The molecule has 1 aliphatic rings. The van der Waals surface area contributed by atoms with Crippen LogP contribution >= 0.6 is 15.9 Å². The molecule has 100 valence electrons. The summed E-state index contributed by atoms with van der Waals surface area (Å²) in [5.74, 6) is -1.18. The minimum atomic E-state index is -0.666. The summed E-state index contributed by atoms with van der Waals surface area (Å²) in [6, 6.07) is 2.60. The minimum Gasteiger partial charge on any atom is -0.489 e. The third kappa shape index (κ3) is 3.65. The number of ether oxygens (including phenoxy) is 1. The molecule has 1 atom stereocenters. The van der Waals surface area contributed by atoms with Crippen LogP contribution in [0.4, 0.5) is 8.78 Å². The largest absolute Gasteiger partial charge is 0.489 e. The molecule has 0 bridgehead atoms. The first kappa shape index (κ1) is 13.7. The molecule has 2 rings (SSSR count). The lowest BCUT2D eigenvalue weighted by molar-refractivity contribution is 0.282. The number of benzene rings is 1. The van der Waals surface area contributed by atoms with Crippen LogP contribution in [0.3, 0.4) is 0 Å². The first-order valence-electron chi connectivity index (χ1n) is 6.17. The molecule has 0 spiro atoms. The van der Waals surface area contributed by atoms with Crippen molar-refractivity contribution in [3.63, 3.8) is 0 Å². The zero-order valence-electron chi connectivity index (χ0n) is 10.0. The predicted molar refractivity (Wildman–Crippen MR) is 69.8 cm³/mol. The Labute approximate surface area is 114 Å². The summed E-state index contributed by atoms with van der Waals surface area (Å²) in [7, 11) is 0. The van der Waals surface area contributed by atoms with Gasteiger partial charge in [-0.1, -0.05) is 0 Å².